The predicted octanol–water partition coefficient (Wildman–Crippen LogP) is 2.69. The molecule has 0 bridgehead atoms. The zero-order chi connectivity index (χ0) is 16.4. The van der Waals surface area contributed by atoms with Crippen molar-refractivity contribution >= 4 is 27.5 Å². The molecule has 0 radical (unpaired) electrons. The van der Waals surface area contributed by atoms with E-state index in [1.807, 2.05) is 36.6 Å². The molecule has 0 fully saturated rings. The summed E-state index contributed by atoms with van der Waals surface area (Å²) in [5, 5.41) is 4.21. The molecule has 0 spiro atoms. The van der Waals surface area contributed by atoms with Gasteiger partial charge in [0.1, 0.15) is 11.3 Å². The third-order valence-corrected chi connectivity index (χ3v) is 4.62. The molecule has 0 unspecified atom stereocenters. The Hall–Kier alpha value is -2.41. The zero-order valence-corrected chi connectivity index (χ0v) is 14.1. The summed E-state index contributed by atoms with van der Waals surface area (Å²) in [5.41, 5.74) is 1.33. The molecule has 2 aromatic heterocycles. The lowest BCUT2D eigenvalue weighted by Crippen LogP contribution is -2.16. The van der Waals surface area contributed by atoms with Crippen LogP contribution in [0.1, 0.15) is 24.3 Å². The molecule has 1 aromatic carbocycles. The van der Waals surface area contributed by atoms with Crippen LogP contribution in [0.5, 0.6) is 5.75 Å². The number of rotatable bonds is 4. The maximum atomic E-state index is 12.4. The second-order valence-electron chi connectivity index (χ2n) is 4.91. The number of benzene rings is 1. The molecule has 6 nitrogen and oxygen atoms in total. The van der Waals surface area contributed by atoms with Gasteiger partial charge in [0.05, 0.1) is 11.8 Å². The summed E-state index contributed by atoms with van der Waals surface area (Å²) >= 11 is 1.47. The molecule has 0 aliphatic carbocycles. The fourth-order valence-corrected chi connectivity index (χ4v) is 3.55. The van der Waals surface area contributed by atoms with E-state index >= 15 is 0 Å². The quantitative estimate of drug-likeness (QED) is 0.739. The van der Waals surface area contributed by atoms with E-state index in [1.165, 1.54) is 11.3 Å². The van der Waals surface area contributed by atoms with Crippen molar-refractivity contribution in [2.75, 3.05) is 7.11 Å². The van der Waals surface area contributed by atoms with Gasteiger partial charge in [-0.15, -0.1) is 0 Å². The second-order valence-corrected chi connectivity index (χ2v) is 5.92. The largest absolute Gasteiger partial charge is 0.495 e. The predicted molar refractivity (Wildman–Crippen MR) is 89.8 cm³/mol. The maximum Gasteiger partial charge on any atom is 0.300 e. The average molecular weight is 330 g/mol. The van der Waals surface area contributed by atoms with Gasteiger partial charge in [-0.3, -0.25) is 9.48 Å². The van der Waals surface area contributed by atoms with Crippen molar-refractivity contribution in [3.63, 3.8) is 0 Å². The van der Waals surface area contributed by atoms with Crippen LogP contribution in [-0.2, 0) is 13.1 Å². The molecule has 3 aromatic rings. The molecular weight excluding hydrogens is 312 g/mol. The molecule has 23 heavy (non-hydrogen) atoms. The monoisotopic (exact) mass is 330 g/mol. The van der Waals surface area contributed by atoms with Crippen LogP contribution < -0.4 is 9.54 Å². The molecule has 3 rings (SSSR count). The Balaban J connectivity index is 2.13. The van der Waals surface area contributed by atoms with E-state index in [0.29, 0.717) is 17.0 Å². The van der Waals surface area contributed by atoms with E-state index in [1.54, 1.807) is 24.1 Å². The molecule has 0 aliphatic rings. The molecule has 0 aliphatic heterocycles. The number of fused-ring (bicyclic) bond motifs is 1. The number of aromatic nitrogens is 3. The lowest BCUT2D eigenvalue weighted by atomic mass is 10.3. The summed E-state index contributed by atoms with van der Waals surface area (Å²) < 4.78 is 10.2. The Morgan fingerprint density at radius 2 is 2.13 bits per heavy atom. The van der Waals surface area contributed by atoms with E-state index in [0.717, 1.165) is 22.5 Å². The first-order valence-corrected chi connectivity index (χ1v) is 8.28. The number of ether oxygens (including phenoxy) is 1. The highest BCUT2D eigenvalue weighted by molar-refractivity contribution is 7.16. The first-order chi connectivity index (χ1) is 11.2. The van der Waals surface area contributed by atoms with Gasteiger partial charge in [-0.1, -0.05) is 17.4 Å². The molecule has 1 amide bonds. The minimum absolute atomic E-state index is 0.329. The van der Waals surface area contributed by atoms with Crippen molar-refractivity contribution in [3.05, 3.63) is 41.0 Å². The van der Waals surface area contributed by atoms with Crippen LogP contribution in [0, 0.1) is 0 Å². The lowest BCUT2D eigenvalue weighted by molar-refractivity contribution is 0.0992. The van der Waals surface area contributed by atoms with Gasteiger partial charge in [0.25, 0.3) is 5.91 Å². The van der Waals surface area contributed by atoms with Gasteiger partial charge < -0.3 is 9.30 Å². The zero-order valence-electron chi connectivity index (χ0n) is 13.3. The van der Waals surface area contributed by atoms with Gasteiger partial charge in [0.15, 0.2) is 10.5 Å². The van der Waals surface area contributed by atoms with Crippen LogP contribution >= 0.6 is 11.3 Å². The fourth-order valence-electron chi connectivity index (χ4n) is 2.44. The normalized spacial score (nSPS) is 12.0. The topological polar surface area (TPSA) is 61.4 Å². The van der Waals surface area contributed by atoms with Gasteiger partial charge in [0.2, 0.25) is 0 Å². The van der Waals surface area contributed by atoms with E-state index in [2.05, 4.69) is 10.1 Å². The van der Waals surface area contributed by atoms with Crippen molar-refractivity contribution < 1.29 is 9.53 Å². The Morgan fingerprint density at radius 1 is 1.30 bits per heavy atom. The highest BCUT2D eigenvalue weighted by Gasteiger charge is 2.13. The minimum Gasteiger partial charge on any atom is -0.495 e. The third-order valence-electron chi connectivity index (χ3n) is 3.58. The summed E-state index contributed by atoms with van der Waals surface area (Å²) in [5.74, 6) is 0.453. The number of carbonyl (C=O) groups is 1. The van der Waals surface area contributed by atoms with Crippen molar-refractivity contribution in [2.24, 2.45) is 4.99 Å². The molecule has 120 valence electrons. The van der Waals surface area contributed by atoms with Crippen molar-refractivity contribution in [2.45, 2.75) is 26.9 Å². The standard InChI is InChI=1S/C16H18N4O2S/c1-4-19-10-9-11(18-19)15(21)17-16-20(5-2)14-12(22-3)7-6-8-13(14)23-16/h6-10H,4-5H2,1-3H3. The molecular formula is C16H18N4O2S. The summed E-state index contributed by atoms with van der Waals surface area (Å²) in [6, 6.07) is 7.55. The van der Waals surface area contributed by atoms with Gasteiger partial charge in [0, 0.05) is 19.3 Å². The van der Waals surface area contributed by atoms with Gasteiger partial charge >= 0.3 is 0 Å². The minimum atomic E-state index is -0.329. The maximum absolute atomic E-state index is 12.4. The fraction of sp³-hybridized carbons (Fsp3) is 0.312. The Labute approximate surface area is 137 Å². The van der Waals surface area contributed by atoms with Gasteiger partial charge in [-0.2, -0.15) is 10.1 Å². The molecule has 0 saturated carbocycles. The highest BCUT2D eigenvalue weighted by Crippen LogP contribution is 2.27. The molecule has 0 saturated heterocycles. The number of para-hydroxylation sites is 1. The van der Waals surface area contributed by atoms with E-state index in [9.17, 15) is 4.79 Å². The summed E-state index contributed by atoms with van der Waals surface area (Å²) in [6.45, 7) is 5.42. The van der Waals surface area contributed by atoms with Crippen LogP contribution in [0.2, 0.25) is 0 Å². The van der Waals surface area contributed by atoms with Crippen LogP contribution in [0.4, 0.5) is 0 Å². The Bertz CT molecular complexity index is 920. The third kappa shape index (κ3) is 2.79. The molecule has 0 N–H and O–H groups in total. The second kappa shape index (κ2) is 6.37. The first-order valence-electron chi connectivity index (χ1n) is 7.46. The van der Waals surface area contributed by atoms with E-state index < -0.39 is 0 Å². The average Bonchev–Trinajstić information content (AvgIpc) is 3.18. The first kappa shape index (κ1) is 15.5. The smallest absolute Gasteiger partial charge is 0.300 e. The van der Waals surface area contributed by atoms with Gasteiger partial charge in [-0.05, 0) is 32.0 Å². The SMILES string of the molecule is CCn1ccc(C(=O)N=c2sc3cccc(OC)c3n2CC)n1. The Morgan fingerprint density at radius 3 is 2.78 bits per heavy atom. The van der Waals surface area contributed by atoms with Crippen molar-refractivity contribution in [3.8, 4) is 5.75 Å². The van der Waals surface area contributed by atoms with E-state index in [4.69, 9.17) is 4.74 Å². The van der Waals surface area contributed by atoms with Crippen LogP contribution in [0.3, 0.4) is 0 Å². The molecule has 7 heteroatoms. The van der Waals surface area contributed by atoms with Crippen LogP contribution in [0.25, 0.3) is 10.2 Å². The molecule has 0 atom stereocenters. The van der Waals surface area contributed by atoms with Crippen LogP contribution in [-0.4, -0.2) is 27.4 Å². The number of thiazole rings is 1. The number of amides is 1. The van der Waals surface area contributed by atoms with Gasteiger partial charge in [-0.25, -0.2) is 0 Å². The number of hydrogen-bond acceptors (Lipinski definition) is 4. The van der Waals surface area contributed by atoms with Crippen LogP contribution in [0.15, 0.2) is 35.5 Å². The highest BCUT2D eigenvalue weighted by atomic mass is 32.1. The van der Waals surface area contributed by atoms with Crippen molar-refractivity contribution in [1.29, 1.82) is 0 Å². The summed E-state index contributed by atoms with van der Waals surface area (Å²) in [6.07, 6.45) is 1.78. The molecule has 2 heterocycles. The number of aryl methyl sites for hydroxylation is 2. The van der Waals surface area contributed by atoms with E-state index in [-0.39, 0.29) is 5.91 Å². The summed E-state index contributed by atoms with van der Waals surface area (Å²) in [4.78, 5) is 17.3. The number of methoxy groups -OCH3 is 1. The lowest BCUT2D eigenvalue weighted by Gasteiger charge is -2.05. The number of carbonyl (C=O) groups excluding carboxylic acids is 1. The number of hydrogen-bond donors (Lipinski definition) is 0. The van der Waals surface area contributed by atoms with Crippen molar-refractivity contribution in [1.82, 2.24) is 14.3 Å². The summed E-state index contributed by atoms with van der Waals surface area (Å²) in [7, 11) is 1.64. The Kier molecular flexibility index (Phi) is 4.29. The number of nitrogens with zero attached hydrogens (tertiary/aromatic N) is 4.